The van der Waals surface area contributed by atoms with Crippen molar-refractivity contribution >= 4 is 17.9 Å². The number of hydrogen-bond donors (Lipinski definition) is 0. The molecule has 5 heteroatoms. The predicted molar refractivity (Wildman–Crippen MR) is 102 cm³/mol. The van der Waals surface area contributed by atoms with Gasteiger partial charge in [0, 0.05) is 13.3 Å². The molecule has 0 aliphatic carbocycles. The Morgan fingerprint density at radius 2 is 1.59 bits per heavy atom. The summed E-state index contributed by atoms with van der Waals surface area (Å²) in [6.45, 7) is 3.44. The van der Waals surface area contributed by atoms with Crippen LogP contribution in [0.2, 0.25) is 0 Å². The smallest absolute Gasteiger partial charge is 0.346 e. The van der Waals surface area contributed by atoms with E-state index in [0.29, 0.717) is 23.1 Å². The topological polar surface area (TPSA) is 69.7 Å². The molecule has 0 radical (unpaired) electrons. The van der Waals surface area contributed by atoms with E-state index in [4.69, 9.17) is 4.74 Å². The lowest BCUT2D eigenvalue weighted by Gasteiger charge is -2.09. The molecule has 2 aromatic carbocycles. The van der Waals surface area contributed by atoms with Gasteiger partial charge in [-0.1, -0.05) is 43.7 Å². The van der Waals surface area contributed by atoms with Crippen LogP contribution in [0.15, 0.2) is 48.5 Å². The maximum Gasteiger partial charge on any atom is 0.346 e. The molecule has 0 aliphatic rings. The average molecular weight is 368 g/mol. The minimum Gasteiger partial charge on any atom is -0.462 e. The van der Waals surface area contributed by atoms with Gasteiger partial charge >= 0.3 is 17.9 Å². The Kier molecular flexibility index (Phi) is 7.74. The third kappa shape index (κ3) is 6.37. The molecule has 0 aromatic heterocycles. The molecule has 0 N–H and O–H groups in total. The molecule has 2 rings (SSSR count). The Balaban J connectivity index is 1.91. The molecule has 0 heterocycles. The second-order valence-electron chi connectivity index (χ2n) is 6.22. The molecule has 2 aromatic rings. The zero-order valence-electron chi connectivity index (χ0n) is 15.7. The first kappa shape index (κ1) is 20.4. The van der Waals surface area contributed by atoms with Gasteiger partial charge in [0.25, 0.3) is 0 Å². The first-order valence-electron chi connectivity index (χ1n) is 9.08. The fraction of sp³-hybridized carbons (Fsp3) is 0.318. The maximum atomic E-state index is 12.2. The molecular weight excluding hydrogens is 344 g/mol. The molecule has 0 atom stereocenters. The van der Waals surface area contributed by atoms with Crippen LogP contribution in [0.4, 0.5) is 0 Å². The van der Waals surface area contributed by atoms with Gasteiger partial charge in [-0.15, -0.1) is 0 Å². The van der Waals surface area contributed by atoms with Crippen molar-refractivity contribution in [1.29, 1.82) is 0 Å². The van der Waals surface area contributed by atoms with Crippen molar-refractivity contribution in [1.82, 2.24) is 0 Å². The normalized spacial score (nSPS) is 10.3. The Morgan fingerprint density at radius 3 is 2.26 bits per heavy atom. The number of carbonyl (C=O) groups is 3. The lowest BCUT2D eigenvalue weighted by Crippen LogP contribution is -2.14. The molecule has 0 saturated heterocycles. The number of aryl methyl sites for hydroxylation is 1. The van der Waals surface area contributed by atoms with E-state index in [1.807, 2.05) is 12.1 Å². The van der Waals surface area contributed by atoms with Crippen LogP contribution >= 0.6 is 0 Å². The van der Waals surface area contributed by atoms with E-state index >= 15 is 0 Å². The summed E-state index contributed by atoms with van der Waals surface area (Å²) in [5.41, 5.74) is 2.65. The lowest BCUT2D eigenvalue weighted by molar-refractivity contribution is -0.135. The van der Waals surface area contributed by atoms with Crippen molar-refractivity contribution in [2.24, 2.45) is 0 Å². The Labute approximate surface area is 159 Å². The third-order valence-corrected chi connectivity index (χ3v) is 4.09. The van der Waals surface area contributed by atoms with Crippen LogP contribution in [0.3, 0.4) is 0 Å². The third-order valence-electron chi connectivity index (χ3n) is 4.09. The Morgan fingerprint density at radius 1 is 0.889 bits per heavy atom. The fourth-order valence-corrected chi connectivity index (χ4v) is 2.65. The minimum absolute atomic E-state index is 0.126. The zero-order valence-corrected chi connectivity index (χ0v) is 15.7. The first-order chi connectivity index (χ1) is 13.0. The molecule has 0 bridgehead atoms. The highest BCUT2D eigenvalue weighted by atomic mass is 16.6. The van der Waals surface area contributed by atoms with Crippen molar-refractivity contribution in [2.75, 3.05) is 6.61 Å². The largest absolute Gasteiger partial charge is 0.462 e. The molecule has 0 fully saturated rings. The van der Waals surface area contributed by atoms with Gasteiger partial charge in [-0.2, -0.15) is 0 Å². The van der Waals surface area contributed by atoms with Crippen LogP contribution in [-0.4, -0.2) is 24.5 Å². The number of rotatable bonds is 8. The summed E-state index contributed by atoms with van der Waals surface area (Å²) >= 11 is 0. The molecule has 0 spiro atoms. The van der Waals surface area contributed by atoms with Gasteiger partial charge in [0.1, 0.15) is 0 Å². The molecule has 0 unspecified atom stereocenters. The van der Waals surface area contributed by atoms with E-state index in [2.05, 4.69) is 11.7 Å². The van der Waals surface area contributed by atoms with Gasteiger partial charge in [0.05, 0.1) is 17.7 Å². The number of carbonyl (C=O) groups excluding carboxylic acids is 3. The summed E-state index contributed by atoms with van der Waals surface area (Å²) in [6, 6.07) is 14.2. The summed E-state index contributed by atoms with van der Waals surface area (Å²) in [5, 5.41) is 0. The SMILES string of the molecule is CCCCc1ccc(C(=O)OCCc2ccccc2C(=O)OC(C)=O)cc1. The monoisotopic (exact) mass is 368 g/mol. The Hall–Kier alpha value is -2.95. The van der Waals surface area contributed by atoms with Crippen LogP contribution in [0, 0.1) is 0 Å². The maximum absolute atomic E-state index is 12.2. The molecular formula is C22H24O5. The summed E-state index contributed by atoms with van der Waals surface area (Å²) in [7, 11) is 0. The van der Waals surface area contributed by atoms with Gasteiger partial charge in [-0.25, -0.2) is 9.59 Å². The highest BCUT2D eigenvalue weighted by molar-refractivity contribution is 5.97. The highest BCUT2D eigenvalue weighted by Crippen LogP contribution is 2.13. The van der Waals surface area contributed by atoms with Crippen molar-refractivity contribution in [3.63, 3.8) is 0 Å². The van der Waals surface area contributed by atoms with Gasteiger partial charge in [0.2, 0.25) is 0 Å². The van der Waals surface area contributed by atoms with Gasteiger partial charge in [-0.05, 0) is 42.2 Å². The predicted octanol–water partition coefficient (Wildman–Crippen LogP) is 4.13. The summed E-state index contributed by atoms with van der Waals surface area (Å²) in [6.07, 6.45) is 3.60. The standard InChI is InChI=1S/C22H24O5/c1-3-4-7-17-10-12-19(13-11-17)21(24)26-15-14-18-8-5-6-9-20(18)22(25)27-16(2)23/h5-6,8-13H,3-4,7,14-15H2,1-2H3. The zero-order chi connectivity index (χ0) is 19.6. The summed E-state index contributed by atoms with van der Waals surface area (Å²) in [5.74, 6) is -1.77. The van der Waals surface area contributed by atoms with E-state index < -0.39 is 17.9 Å². The summed E-state index contributed by atoms with van der Waals surface area (Å²) in [4.78, 5) is 35.1. The van der Waals surface area contributed by atoms with Crippen LogP contribution < -0.4 is 0 Å². The van der Waals surface area contributed by atoms with Crippen molar-refractivity contribution in [3.05, 3.63) is 70.8 Å². The van der Waals surface area contributed by atoms with Gasteiger partial charge in [0.15, 0.2) is 0 Å². The van der Waals surface area contributed by atoms with Crippen molar-refractivity contribution in [3.8, 4) is 0 Å². The number of esters is 3. The second kappa shape index (κ2) is 10.3. The number of hydrogen-bond acceptors (Lipinski definition) is 5. The fourth-order valence-electron chi connectivity index (χ4n) is 2.65. The lowest BCUT2D eigenvalue weighted by atomic mass is 10.1. The molecule has 142 valence electrons. The van der Waals surface area contributed by atoms with Crippen LogP contribution in [0.5, 0.6) is 0 Å². The first-order valence-corrected chi connectivity index (χ1v) is 9.08. The van der Waals surface area contributed by atoms with Gasteiger partial charge < -0.3 is 9.47 Å². The van der Waals surface area contributed by atoms with Crippen molar-refractivity contribution < 1.29 is 23.9 Å². The van der Waals surface area contributed by atoms with E-state index in [0.717, 1.165) is 19.3 Å². The van der Waals surface area contributed by atoms with Crippen LogP contribution in [0.25, 0.3) is 0 Å². The quantitative estimate of drug-likeness (QED) is 0.517. The number of benzene rings is 2. The van der Waals surface area contributed by atoms with E-state index in [9.17, 15) is 14.4 Å². The second-order valence-corrected chi connectivity index (χ2v) is 6.22. The average Bonchev–Trinajstić information content (AvgIpc) is 2.66. The Bertz CT molecular complexity index is 793. The molecule has 0 aliphatic heterocycles. The van der Waals surface area contributed by atoms with Gasteiger partial charge in [-0.3, -0.25) is 4.79 Å². The molecule has 27 heavy (non-hydrogen) atoms. The van der Waals surface area contributed by atoms with Crippen molar-refractivity contribution in [2.45, 2.75) is 39.5 Å². The molecule has 0 saturated carbocycles. The van der Waals surface area contributed by atoms with Crippen LogP contribution in [0.1, 0.15) is 58.5 Å². The number of ether oxygens (including phenoxy) is 2. The van der Waals surface area contributed by atoms with E-state index in [1.54, 1.807) is 36.4 Å². The molecule has 0 amide bonds. The van der Waals surface area contributed by atoms with E-state index in [1.165, 1.54) is 12.5 Å². The van der Waals surface area contributed by atoms with Crippen LogP contribution in [-0.2, 0) is 27.1 Å². The highest BCUT2D eigenvalue weighted by Gasteiger charge is 2.15. The molecule has 5 nitrogen and oxygen atoms in total. The summed E-state index contributed by atoms with van der Waals surface area (Å²) < 4.78 is 9.94. The minimum atomic E-state index is -0.702. The van der Waals surface area contributed by atoms with E-state index in [-0.39, 0.29) is 6.61 Å². The number of unbranched alkanes of at least 4 members (excludes halogenated alkanes) is 1.